The zero-order chi connectivity index (χ0) is 18.4. The van der Waals surface area contributed by atoms with Crippen LogP contribution < -0.4 is 11.0 Å². The van der Waals surface area contributed by atoms with Crippen molar-refractivity contribution in [1.82, 2.24) is 9.99 Å². The van der Waals surface area contributed by atoms with Crippen LogP contribution in [-0.4, -0.2) is 16.7 Å². The Morgan fingerprint density at radius 1 is 1.04 bits per heavy atom. The first kappa shape index (κ1) is 17.6. The molecule has 0 aliphatic heterocycles. The van der Waals surface area contributed by atoms with Crippen molar-refractivity contribution in [2.24, 2.45) is 5.10 Å². The third kappa shape index (κ3) is 4.46. The predicted molar refractivity (Wildman–Crippen MR) is 103 cm³/mol. The Morgan fingerprint density at radius 2 is 1.77 bits per heavy atom. The Hall–Kier alpha value is -3.18. The molecular formula is C20H16ClN3O2. The van der Waals surface area contributed by atoms with Crippen molar-refractivity contribution in [1.29, 1.82) is 0 Å². The molecule has 6 heteroatoms. The average Bonchev–Trinajstić information content (AvgIpc) is 2.66. The van der Waals surface area contributed by atoms with Gasteiger partial charge in [0.05, 0.1) is 12.8 Å². The quantitative estimate of drug-likeness (QED) is 0.557. The molecule has 2 aromatic carbocycles. The molecule has 26 heavy (non-hydrogen) atoms. The number of hydrazone groups is 1. The smallest absolute Gasteiger partial charge is 0.276 e. The van der Waals surface area contributed by atoms with Crippen LogP contribution in [0.5, 0.6) is 0 Å². The van der Waals surface area contributed by atoms with Crippen molar-refractivity contribution < 1.29 is 4.79 Å². The topological polar surface area (TPSA) is 63.5 Å². The van der Waals surface area contributed by atoms with Crippen molar-refractivity contribution >= 4 is 23.7 Å². The lowest BCUT2D eigenvalue weighted by atomic mass is 10.2. The maximum absolute atomic E-state index is 12.5. The first-order valence-corrected chi connectivity index (χ1v) is 8.33. The van der Waals surface area contributed by atoms with Gasteiger partial charge in [0.1, 0.15) is 5.56 Å². The van der Waals surface area contributed by atoms with E-state index in [9.17, 15) is 9.59 Å². The summed E-state index contributed by atoms with van der Waals surface area (Å²) in [4.78, 5) is 24.8. The van der Waals surface area contributed by atoms with E-state index in [2.05, 4.69) is 10.5 Å². The summed E-state index contributed by atoms with van der Waals surface area (Å²) < 4.78 is 1.49. The van der Waals surface area contributed by atoms with E-state index in [0.717, 1.165) is 11.1 Å². The van der Waals surface area contributed by atoms with Crippen LogP contribution in [0, 0.1) is 0 Å². The number of carbonyl (C=O) groups is 1. The highest BCUT2D eigenvalue weighted by atomic mass is 35.5. The van der Waals surface area contributed by atoms with E-state index in [1.165, 1.54) is 16.8 Å². The van der Waals surface area contributed by atoms with Crippen LogP contribution in [0.2, 0.25) is 5.02 Å². The van der Waals surface area contributed by atoms with Gasteiger partial charge in [-0.3, -0.25) is 9.59 Å². The molecule has 0 saturated heterocycles. The standard InChI is InChI=1S/C20H16ClN3O2/c21-17-10-8-15(9-11-17)13-22-23-19(25)18-7-4-12-24(20(18)26)14-16-5-2-1-3-6-16/h1-13H,14H2,(H,23,25)/b22-13-. The monoisotopic (exact) mass is 365 g/mol. The fraction of sp³-hybridized carbons (Fsp3) is 0.0500. The molecule has 0 fully saturated rings. The van der Waals surface area contributed by atoms with E-state index in [-0.39, 0.29) is 11.1 Å². The molecule has 0 atom stereocenters. The number of nitrogens with one attached hydrogen (secondary N) is 1. The summed E-state index contributed by atoms with van der Waals surface area (Å²) in [7, 11) is 0. The highest BCUT2D eigenvalue weighted by Gasteiger charge is 2.11. The van der Waals surface area contributed by atoms with Crippen molar-refractivity contribution in [3.63, 3.8) is 0 Å². The number of rotatable bonds is 5. The fourth-order valence-corrected chi connectivity index (χ4v) is 2.51. The number of aromatic nitrogens is 1. The van der Waals surface area contributed by atoms with Crippen LogP contribution in [0.1, 0.15) is 21.5 Å². The highest BCUT2D eigenvalue weighted by Crippen LogP contribution is 2.07. The van der Waals surface area contributed by atoms with Gasteiger partial charge in [-0.25, -0.2) is 5.43 Å². The maximum Gasteiger partial charge on any atom is 0.276 e. The van der Waals surface area contributed by atoms with Crippen LogP contribution in [0.4, 0.5) is 0 Å². The number of amides is 1. The van der Waals surface area contributed by atoms with E-state index < -0.39 is 5.91 Å². The molecule has 0 unspecified atom stereocenters. The normalized spacial score (nSPS) is 10.8. The van der Waals surface area contributed by atoms with Crippen LogP contribution in [0.15, 0.2) is 82.8 Å². The molecule has 1 N–H and O–H groups in total. The molecule has 0 spiro atoms. The van der Waals surface area contributed by atoms with Gasteiger partial charge in [-0.2, -0.15) is 5.10 Å². The predicted octanol–water partition coefficient (Wildman–Crippen LogP) is 3.31. The minimum Gasteiger partial charge on any atom is -0.310 e. The Bertz CT molecular complexity index is 980. The molecule has 0 aliphatic carbocycles. The fourth-order valence-electron chi connectivity index (χ4n) is 2.39. The second-order valence-corrected chi connectivity index (χ2v) is 6.03. The van der Waals surface area contributed by atoms with E-state index in [4.69, 9.17) is 11.6 Å². The molecule has 1 amide bonds. The lowest BCUT2D eigenvalue weighted by Crippen LogP contribution is -2.30. The van der Waals surface area contributed by atoms with Crippen LogP contribution in [0.25, 0.3) is 0 Å². The molecule has 1 heterocycles. The minimum atomic E-state index is -0.553. The molecular weight excluding hydrogens is 350 g/mol. The first-order chi connectivity index (χ1) is 12.6. The number of nitrogens with zero attached hydrogens (tertiary/aromatic N) is 2. The van der Waals surface area contributed by atoms with E-state index in [0.29, 0.717) is 11.6 Å². The lowest BCUT2D eigenvalue weighted by Gasteiger charge is -2.07. The van der Waals surface area contributed by atoms with Gasteiger partial charge in [0, 0.05) is 11.2 Å². The molecule has 3 aromatic rings. The molecule has 0 saturated carbocycles. The number of hydrogen-bond donors (Lipinski definition) is 1. The van der Waals surface area contributed by atoms with E-state index in [1.54, 1.807) is 36.5 Å². The Labute approximate surface area is 155 Å². The Morgan fingerprint density at radius 3 is 2.50 bits per heavy atom. The Balaban J connectivity index is 1.72. The highest BCUT2D eigenvalue weighted by molar-refractivity contribution is 6.30. The van der Waals surface area contributed by atoms with Gasteiger partial charge >= 0.3 is 0 Å². The number of carbonyl (C=O) groups excluding carboxylic acids is 1. The van der Waals surface area contributed by atoms with Crippen LogP contribution in [-0.2, 0) is 6.54 Å². The lowest BCUT2D eigenvalue weighted by molar-refractivity contribution is 0.0953. The first-order valence-electron chi connectivity index (χ1n) is 7.96. The third-order valence-electron chi connectivity index (χ3n) is 3.71. The molecule has 130 valence electrons. The molecule has 5 nitrogen and oxygen atoms in total. The van der Waals surface area contributed by atoms with E-state index >= 15 is 0 Å². The zero-order valence-corrected chi connectivity index (χ0v) is 14.6. The van der Waals surface area contributed by atoms with Crippen molar-refractivity contribution in [2.45, 2.75) is 6.54 Å². The van der Waals surface area contributed by atoms with Gasteiger partial charge in [0.25, 0.3) is 11.5 Å². The minimum absolute atomic E-state index is 0.0386. The average molecular weight is 366 g/mol. The summed E-state index contributed by atoms with van der Waals surface area (Å²) in [6.07, 6.45) is 3.14. The van der Waals surface area contributed by atoms with Gasteiger partial charge in [0.15, 0.2) is 0 Å². The largest absolute Gasteiger partial charge is 0.310 e. The summed E-state index contributed by atoms with van der Waals surface area (Å²) in [5.41, 5.74) is 3.81. The maximum atomic E-state index is 12.5. The van der Waals surface area contributed by atoms with Crippen molar-refractivity contribution in [3.05, 3.63) is 105 Å². The van der Waals surface area contributed by atoms with E-state index in [1.807, 2.05) is 30.3 Å². The number of hydrogen-bond acceptors (Lipinski definition) is 3. The summed E-state index contributed by atoms with van der Waals surface area (Å²) in [5.74, 6) is -0.553. The summed E-state index contributed by atoms with van der Waals surface area (Å²) in [5, 5.41) is 4.51. The summed E-state index contributed by atoms with van der Waals surface area (Å²) >= 11 is 5.82. The zero-order valence-electron chi connectivity index (χ0n) is 13.8. The third-order valence-corrected chi connectivity index (χ3v) is 3.96. The van der Waals surface area contributed by atoms with Gasteiger partial charge in [-0.05, 0) is 35.4 Å². The summed E-state index contributed by atoms with van der Waals surface area (Å²) in [6, 6.07) is 19.7. The second kappa shape index (κ2) is 8.27. The summed E-state index contributed by atoms with van der Waals surface area (Å²) in [6.45, 7) is 0.398. The molecule has 1 aromatic heterocycles. The van der Waals surface area contributed by atoms with Gasteiger partial charge in [0.2, 0.25) is 0 Å². The molecule has 0 bridgehead atoms. The second-order valence-electron chi connectivity index (χ2n) is 5.59. The molecule has 0 aliphatic rings. The van der Waals surface area contributed by atoms with Gasteiger partial charge < -0.3 is 4.57 Å². The van der Waals surface area contributed by atoms with Gasteiger partial charge in [-0.15, -0.1) is 0 Å². The molecule has 0 radical (unpaired) electrons. The number of pyridine rings is 1. The Kier molecular flexibility index (Phi) is 5.61. The number of halogens is 1. The van der Waals surface area contributed by atoms with Crippen LogP contribution >= 0.6 is 11.6 Å². The SMILES string of the molecule is O=C(N/N=C\c1ccc(Cl)cc1)c1cccn(Cc2ccccc2)c1=O. The van der Waals surface area contributed by atoms with Crippen molar-refractivity contribution in [2.75, 3.05) is 0 Å². The van der Waals surface area contributed by atoms with Crippen molar-refractivity contribution in [3.8, 4) is 0 Å². The molecule has 3 rings (SSSR count). The van der Waals surface area contributed by atoms with Gasteiger partial charge in [-0.1, -0.05) is 54.1 Å². The number of benzene rings is 2. The van der Waals surface area contributed by atoms with Crippen LogP contribution in [0.3, 0.4) is 0 Å².